The minimum absolute atomic E-state index is 0.0393. The molecule has 1 aliphatic rings. The fourth-order valence-electron chi connectivity index (χ4n) is 2.50. The second kappa shape index (κ2) is 6.66. The molecule has 1 heterocycles. The van der Waals surface area contributed by atoms with Crippen molar-refractivity contribution in [3.63, 3.8) is 0 Å². The molecule has 2 rings (SSSR count). The van der Waals surface area contributed by atoms with Crippen LogP contribution in [-0.2, 0) is 20.0 Å². The molecule has 0 N–H and O–H groups in total. The van der Waals surface area contributed by atoms with Gasteiger partial charge in [-0.25, -0.2) is 21.1 Å². The van der Waals surface area contributed by atoms with Gasteiger partial charge in [-0.1, -0.05) is 12.1 Å². The monoisotopic (exact) mass is 346 g/mol. The third kappa shape index (κ3) is 3.68. The van der Waals surface area contributed by atoms with Crippen molar-refractivity contribution < 1.29 is 16.8 Å². The summed E-state index contributed by atoms with van der Waals surface area (Å²) in [5.41, 5.74) is 0.881. The molecule has 6 nitrogen and oxygen atoms in total. The summed E-state index contributed by atoms with van der Waals surface area (Å²) < 4.78 is 52.0. The van der Waals surface area contributed by atoms with Crippen molar-refractivity contribution >= 4 is 20.0 Å². The summed E-state index contributed by atoms with van der Waals surface area (Å²) in [6.07, 6.45) is 0.504. The van der Waals surface area contributed by atoms with Crippen LogP contribution >= 0.6 is 0 Å². The van der Waals surface area contributed by atoms with Crippen LogP contribution < -0.4 is 0 Å². The van der Waals surface area contributed by atoms with Crippen molar-refractivity contribution in [2.24, 2.45) is 0 Å². The quantitative estimate of drug-likeness (QED) is 0.816. The van der Waals surface area contributed by atoms with E-state index in [1.54, 1.807) is 25.1 Å². The molecule has 0 aliphatic carbocycles. The highest BCUT2D eigenvalue weighted by atomic mass is 32.2. The molecule has 0 spiro atoms. The summed E-state index contributed by atoms with van der Waals surface area (Å²) in [6.45, 7) is 4.55. The predicted octanol–water partition coefficient (Wildman–Crippen LogP) is 1.04. The van der Waals surface area contributed by atoms with Gasteiger partial charge in [0, 0.05) is 26.2 Å². The topological polar surface area (TPSA) is 74.8 Å². The molecule has 1 saturated heterocycles. The van der Waals surface area contributed by atoms with E-state index in [4.69, 9.17) is 0 Å². The first-order valence-corrected chi connectivity index (χ1v) is 10.4. The van der Waals surface area contributed by atoms with Gasteiger partial charge in [0.05, 0.1) is 10.6 Å². The van der Waals surface area contributed by atoms with E-state index in [1.807, 2.05) is 13.0 Å². The van der Waals surface area contributed by atoms with Gasteiger partial charge in [-0.3, -0.25) is 0 Å². The molecule has 22 heavy (non-hydrogen) atoms. The maximum Gasteiger partial charge on any atom is 0.243 e. The Morgan fingerprint density at radius 2 is 1.64 bits per heavy atom. The van der Waals surface area contributed by atoms with Gasteiger partial charge in [0.25, 0.3) is 0 Å². The number of sulfonamides is 2. The number of hydrogen-bond donors (Lipinski definition) is 0. The lowest BCUT2D eigenvalue weighted by Crippen LogP contribution is -2.37. The van der Waals surface area contributed by atoms with Crippen LogP contribution in [0.1, 0.15) is 18.9 Å². The highest BCUT2D eigenvalue weighted by Crippen LogP contribution is 2.19. The van der Waals surface area contributed by atoms with Gasteiger partial charge >= 0.3 is 0 Å². The van der Waals surface area contributed by atoms with E-state index >= 15 is 0 Å². The highest BCUT2D eigenvalue weighted by Gasteiger charge is 2.30. The molecule has 0 amide bonds. The molecule has 8 heteroatoms. The third-order valence-electron chi connectivity index (χ3n) is 3.80. The maximum atomic E-state index is 12.7. The van der Waals surface area contributed by atoms with E-state index in [-0.39, 0.29) is 23.7 Å². The van der Waals surface area contributed by atoms with Crippen molar-refractivity contribution in [2.75, 3.05) is 31.9 Å². The van der Waals surface area contributed by atoms with E-state index in [1.165, 1.54) is 8.61 Å². The van der Waals surface area contributed by atoms with Crippen LogP contribution in [0.3, 0.4) is 0 Å². The Morgan fingerprint density at radius 3 is 2.27 bits per heavy atom. The van der Waals surface area contributed by atoms with Crippen molar-refractivity contribution in [3.05, 3.63) is 29.8 Å². The van der Waals surface area contributed by atoms with Crippen LogP contribution in [0.25, 0.3) is 0 Å². The molecule has 0 unspecified atom stereocenters. The SMILES string of the molecule is CCS(=O)(=O)N1CCCN(S(=O)(=O)c2cccc(C)c2)CC1. The first-order chi connectivity index (χ1) is 10.3. The number of rotatable bonds is 4. The Labute approximate surface area is 132 Å². The molecule has 0 bridgehead atoms. The standard InChI is InChI=1S/C14H22N2O4S2/c1-3-21(17,18)15-8-5-9-16(11-10-15)22(19,20)14-7-4-6-13(2)12-14/h4,6-7,12H,3,5,8-11H2,1-2H3. The zero-order chi connectivity index (χ0) is 16.4. The van der Waals surface area contributed by atoms with Crippen LogP contribution in [-0.4, -0.2) is 57.4 Å². The van der Waals surface area contributed by atoms with Crippen molar-refractivity contribution in [3.8, 4) is 0 Å². The molecule has 1 aromatic rings. The lowest BCUT2D eigenvalue weighted by atomic mass is 10.2. The van der Waals surface area contributed by atoms with Gasteiger partial charge < -0.3 is 0 Å². The number of aryl methyl sites for hydroxylation is 1. The van der Waals surface area contributed by atoms with E-state index < -0.39 is 20.0 Å². The lowest BCUT2D eigenvalue weighted by molar-refractivity contribution is 0.405. The van der Waals surface area contributed by atoms with Crippen LogP contribution in [0.5, 0.6) is 0 Å². The molecule has 124 valence electrons. The van der Waals surface area contributed by atoms with E-state index in [2.05, 4.69) is 0 Å². The summed E-state index contributed by atoms with van der Waals surface area (Å²) in [4.78, 5) is 0.263. The van der Waals surface area contributed by atoms with E-state index in [9.17, 15) is 16.8 Å². The Morgan fingerprint density at radius 1 is 1.00 bits per heavy atom. The summed E-state index contributed by atoms with van der Waals surface area (Å²) in [5, 5.41) is 0. The van der Waals surface area contributed by atoms with Gasteiger partial charge in [-0.05, 0) is 38.0 Å². The molecular formula is C14H22N2O4S2. The van der Waals surface area contributed by atoms with Gasteiger partial charge in [0.1, 0.15) is 0 Å². The van der Waals surface area contributed by atoms with Gasteiger partial charge in [-0.15, -0.1) is 0 Å². The zero-order valence-electron chi connectivity index (χ0n) is 12.9. The molecule has 1 aliphatic heterocycles. The normalized spacial score (nSPS) is 19.0. The van der Waals surface area contributed by atoms with Crippen molar-refractivity contribution in [2.45, 2.75) is 25.2 Å². The molecule has 0 radical (unpaired) electrons. The number of hydrogen-bond acceptors (Lipinski definition) is 4. The summed E-state index contributed by atoms with van der Waals surface area (Å²) in [5.74, 6) is 0.0393. The van der Waals surface area contributed by atoms with Gasteiger partial charge in [-0.2, -0.15) is 4.31 Å². The molecule has 0 atom stereocenters. The molecule has 1 aromatic carbocycles. The second-order valence-electron chi connectivity index (χ2n) is 5.37. The average Bonchev–Trinajstić information content (AvgIpc) is 2.74. The summed E-state index contributed by atoms with van der Waals surface area (Å²) in [6, 6.07) is 6.78. The first-order valence-electron chi connectivity index (χ1n) is 7.32. The number of nitrogens with zero attached hydrogens (tertiary/aromatic N) is 2. The first kappa shape index (κ1) is 17.4. The van der Waals surface area contributed by atoms with Gasteiger partial charge in [0.15, 0.2) is 0 Å². The summed E-state index contributed by atoms with van der Waals surface area (Å²) >= 11 is 0. The average molecular weight is 346 g/mol. The minimum Gasteiger partial charge on any atom is -0.212 e. The Hall–Kier alpha value is -0.960. The Kier molecular flexibility index (Phi) is 5.26. The lowest BCUT2D eigenvalue weighted by Gasteiger charge is -2.21. The molecule has 0 saturated carbocycles. The largest absolute Gasteiger partial charge is 0.243 e. The second-order valence-corrected chi connectivity index (χ2v) is 9.57. The number of benzene rings is 1. The van der Waals surface area contributed by atoms with Crippen molar-refractivity contribution in [1.29, 1.82) is 0 Å². The Balaban J connectivity index is 2.20. The third-order valence-corrected chi connectivity index (χ3v) is 7.58. The Bertz CT molecular complexity index is 729. The summed E-state index contributed by atoms with van der Waals surface area (Å²) in [7, 11) is -6.84. The van der Waals surface area contributed by atoms with Crippen LogP contribution in [0.2, 0.25) is 0 Å². The van der Waals surface area contributed by atoms with Crippen LogP contribution in [0, 0.1) is 6.92 Å². The predicted molar refractivity (Wildman–Crippen MR) is 85.6 cm³/mol. The van der Waals surface area contributed by atoms with Crippen LogP contribution in [0.15, 0.2) is 29.2 Å². The minimum atomic E-state index is -3.57. The maximum absolute atomic E-state index is 12.7. The van der Waals surface area contributed by atoms with Crippen molar-refractivity contribution in [1.82, 2.24) is 8.61 Å². The van der Waals surface area contributed by atoms with Gasteiger partial charge in [0.2, 0.25) is 20.0 Å². The molecule has 1 fully saturated rings. The highest BCUT2D eigenvalue weighted by molar-refractivity contribution is 7.89. The molecular weight excluding hydrogens is 324 g/mol. The van der Waals surface area contributed by atoms with E-state index in [0.717, 1.165) is 5.56 Å². The molecule has 0 aromatic heterocycles. The van der Waals surface area contributed by atoms with Crippen LogP contribution in [0.4, 0.5) is 0 Å². The fourth-order valence-corrected chi connectivity index (χ4v) is 5.20. The fraction of sp³-hybridized carbons (Fsp3) is 0.571. The zero-order valence-corrected chi connectivity index (χ0v) is 14.5. The van der Waals surface area contributed by atoms with E-state index in [0.29, 0.717) is 19.5 Å². The smallest absolute Gasteiger partial charge is 0.212 e.